The number of benzene rings is 1. The standard InChI is InChI=1S/C14H18IN3/c1-3-7-12(11-8-5-4-6-9-11)18-14(16)13(15)10(2)17-18/h4-6,8-9,12H,3,7,16H2,1-2H3. The van der Waals surface area contributed by atoms with Gasteiger partial charge >= 0.3 is 0 Å². The summed E-state index contributed by atoms with van der Waals surface area (Å²) in [6, 6.07) is 10.7. The summed E-state index contributed by atoms with van der Waals surface area (Å²) in [6.45, 7) is 4.19. The van der Waals surface area contributed by atoms with Crippen molar-refractivity contribution >= 4 is 28.4 Å². The lowest BCUT2D eigenvalue weighted by Gasteiger charge is -2.18. The average Bonchev–Trinajstić information content (AvgIpc) is 2.65. The first-order valence-electron chi connectivity index (χ1n) is 6.20. The van der Waals surface area contributed by atoms with Crippen molar-refractivity contribution in [2.24, 2.45) is 0 Å². The second-order valence-electron chi connectivity index (χ2n) is 4.44. The largest absolute Gasteiger partial charge is 0.383 e. The molecule has 18 heavy (non-hydrogen) atoms. The highest BCUT2D eigenvalue weighted by Gasteiger charge is 2.19. The summed E-state index contributed by atoms with van der Waals surface area (Å²) >= 11 is 2.26. The molecule has 1 atom stereocenters. The van der Waals surface area contributed by atoms with Crippen molar-refractivity contribution in [2.45, 2.75) is 32.7 Å². The number of nitrogens with two attached hydrogens (primary N) is 1. The van der Waals surface area contributed by atoms with Gasteiger partial charge in [-0.15, -0.1) is 0 Å². The molecular weight excluding hydrogens is 337 g/mol. The number of nitrogens with zero attached hydrogens (tertiary/aromatic N) is 2. The van der Waals surface area contributed by atoms with E-state index in [0.29, 0.717) is 0 Å². The summed E-state index contributed by atoms with van der Waals surface area (Å²) in [5, 5.41) is 4.59. The van der Waals surface area contributed by atoms with Crippen LogP contribution in [0.25, 0.3) is 0 Å². The van der Waals surface area contributed by atoms with Gasteiger partial charge in [-0.1, -0.05) is 43.7 Å². The van der Waals surface area contributed by atoms with Gasteiger partial charge in [0.1, 0.15) is 5.82 Å². The van der Waals surface area contributed by atoms with Crippen LogP contribution in [-0.2, 0) is 0 Å². The zero-order valence-corrected chi connectivity index (χ0v) is 12.9. The lowest BCUT2D eigenvalue weighted by Crippen LogP contribution is -2.14. The predicted molar refractivity (Wildman–Crippen MR) is 83.6 cm³/mol. The average molecular weight is 355 g/mol. The van der Waals surface area contributed by atoms with Crippen LogP contribution in [0.2, 0.25) is 0 Å². The predicted octanol–water partition coefficient (Wildman–Crippen LogP) is 3.77. The molecular formula is C14H18IN3. The fraction of sp³-hybridized carbons (Fsp3) is 0.357. The van der Waals surface area contributed by atoms with Crippen LogP contribution >= 0.6 is 22.6 Å². The number of aromatic nitrogens is 2. The molecule has 2 aromatic rings. The van der Waals surface area contributed by atoms with E-state index in [-0.39, 0.29) is 6.04 Å². The number of nitrogen functional groups attached to an aromatic ring is 1. The van der Waals surface area contributed by atoms with Gasteiger partial charge < -0.3 is 5.73 Å². The van der Waals surface area contributed by atoms with Gasteiger partial charge in [-0.3, -0.25) is 0 Å². The third-order valence-corrected chi connectivity index (χ3v) is 4.42. The van der Waals surface area contributed by atoms with Crippen LogP contribution in [-0.4, -0.2) is 9.78 Å². The van der Waals surface area contributed by atoms with Crippen molar-refractivity contribution in [3.8, 4) is 0 Å². The molecule has 3 nitrogen and oxygen atoms in total. The molecule has 0 fully saturated rings. The SMILES string of the molecule is CCCC(c1ccccc1)n1nc(C)c(I)c1N. The van der Waals surface area contributed by atoms with Crippen LogP contribution in [0.15, 0.2) is 30.3 Å². The first kappa shape index (κ1) is 13.4. The number of hydrogen-bond donors (Lipinski definition) is 1. The molecule has 1 aromatic heterocycles. The van der Waals surface area contributed by atoms with E-state index in [9.17, 15) is 0 Å². The fourth-order valence-corrected chi connectivity index (χ4v) is 2.52. The van der Waals surface area contributed by atoms with Gasteiger partial charge in [-0.2, -0.15) is 5.10 Å². The second kappa shape index (κ2) is 5.73. The molecule has 96 valence electrons. The van der Waals surface area contributed by atoms with Gasteiger partial charge in [0.2, 0.25) is 0 Å². The van der Waals surface area contributed by atoms with E-state index in [1.165, 1.54) is 5.56 Å². The van der Waals surface area contributed by atoms with Crippen LogP contribution in [0.4, 0.5) is 5.82 Å². The monoisotopic (exact) mass is 355 g/mol. The quantitative estimate of drug-likeness (QED) is 0.849. The van der Waals surface area contributed by atoms with Crippen molar-refractivity contribution in [3.05, 3.63) is 45.2 Å². The minimum absolute atomic E-state index is 0.235. The zero-order valence-electron chi connectivity index (χ0n) is 10.7. The highest BCUT2D eigenvalue weighted by Crippen LogP contribution is 2.29. The third kappa shape index (κ3) is 2.53. The topological polar surface area (TPSA) is 43.8 Å². The summed E-state index contributed by atoms with van der Waals surface area (Å²) in [7, 11) is 0. The van der Waals surface area contributed by atoms with Gasteiger partial charge in [-0.05, 0) is 41.5 Å². The van der Waals surface area contributed by atoms with Crippen LogP contribution in [0.1, 0.15) is 37.1 Å². The van der Waals surface area contributed by atoms with Gasteiger partial charge in [0, 0.05) is 0 Å². The smallest absolute Gasteiger partial charge is 0.136 e. The minimum Gasteiger partial charge on any atom is -0.383 e. The number of halogens is 1. The van der Waals surface area contributed by atoms with Crippen LogP contribution < -0.4 is 5.73 Å². The maximum Gasteiger partial charge on any atom is 0.136 e. The lowest BCUT2D eigenvalue weighted by molar-refractivity contribution is 0.488. The molecule has 4 heteroatoms. The molecule has 0 saturated heterocycles. The Morgan fingerprint density at radius 2 is 2.00 bits per heavy atom. The molecule has 2 N–H and O–H groups in total. The van der Waals surface area contributed by atoms with Crippen molar-refractivity contribution in [2.75, 3.05) is 5.73 Å². The van der Waals surface area contributed by atoms with Crippen molar-refractivity contribution in [1.29, 1.82) is 0 Å². The maximum atomic E-state index is 6.16. The zero-order chi connectivity index (χ0) is 13.1. The summed E-state index contributed by atoms with van der Waals surface area (Å²) in [6.07, 6.45) is 2.15. The Kier molecular flexibility index (Phi) is 4.27. The number of anilines is 1. The maximum absolute atomic E-state index is 6.16. The Labute approximate surface area is 122 Å². The first-order valence-corrected chi connectivity index (χ1v) is 7.28. The third-order valence-electron chi connectivity index (χ3n) is 3.09. The Morgan fingerprint density at radius 1 is 1.33 bits per heavy atom. The van der Waals surface area contributed by atoms with Crippen LogP contribution in [0.5, 0.6) is 0 Å². The summed E-state index contributed by atoms with van der Waals surface area (Å²) < 4.78 is 3.03. The van der Waals surface area contributed by atoms with E-state index in [0.717, 1.165) is 27.9 Å². The molecule has 0 bridgehead atoms. The van der Waals surface area contributed by atoms with Crippen molar-refractivity contribution in [3.63, 3.8) is 0 Å². The van der Waals surface area contributed by atoms with E-state index in [1.807, 2.05) is 17.7 Å². The van der Waals surface area contributed by atoms with Crippen LogP contribution in [0.3, 0.4) is 0 Å². The van der Waals surface area contributed by atoms with Crippen molar-refractivity contribution < 1.29 is 0 Å². The van der Waals surface area contributed by atoms with Gasteiger partial charge in [0.05, 0.1) is 15.3 Å². The molecule has 0 aliphatic rings. The molecule has 2 rings (SSSR count). The van der Waals surface area contributed by atoms with Gasteiger partial charge in [0.15, 0.2) is 0 Å². The number of hydrogen-bond acceptors (Lipinski definition) is 2. The highest BCUT2D eigenvalue weighted by atomic mass is 127. The lowest BCUT2D eigenvalue weighted by atomic mass is 10.0. The molecule has 0 aliphatic heterocycles. The summed E-state index contributed by atoms with van der Waals surface area (Å²) in [4.78, 5) is 0. The van der Waals surface area contributed by atoms with E-state index < -0.39 is 0 Å². The highest BCUT2D eigenvalue weighted by molar-refractivity contribution is 14.1. The molecule has 0 spiro atoms. The van der Waals surface area contributed by atoms with E-state index in [1.54, 1.807) is 0 Å². The minimum atomic E-state index is 0.235. The molecule has 1 aromatic carbocycles. The van der Waals surface area contributed by atoms with Crippen LogP contribution in [0, 0.1) is 10.5 Å². The molecule has 1 heterocycles. The van der Waals surface area contributed by atoms with Gasteiger partial charge in [0.25, 0.3) is 0 Å². The number of aryl methyl sites for hydroxylation is 1. The number of rotatable bonds is 4. The summed E-state index contributed by atoms with van der Waals surface area (Å²) in [5.74, 6) is 0.774. The Hall–Kier alpha value is -1.04. The molecule has 0 radical (unpaired) electrons. The van der Waals surface area contributed by atoms with Crippen molar-refractivity contribution in [1.82, 2.24) is 9.78 Å². The Morgan fingerprint density at radius 3 is 2.50 bits per heavy atom. The first-order chi connectivity index (χ1) is 8.65. The Balaban J connectivity index is 2.45. The second-order valence-corrected chi connectivity index (χ2v) is 5.52. The molecule has 1 unspecified atom stereocenters. The van der Waals surface area contributed by atoms with E-state index >= 15 is 0 Å². The summed E-state index contributed by atoms with van der Waals surface area (Å²) in [5.41, 5.74) is 8.44. The molecule has 0 saturated carbocycles. The Bertz CT molecular complexity index is 519. The fourth-order valence-electron chi connectivity index (χ4n) is 2.16. The van der Waals surface area contributed by atoms with E-state index in [4.69, 9.17) is 5.73 Å². The molecule has 0 amide bonds. The molecule has 0 aliphatic carbocycles. The van der Waals surface area contributed by atoms with Gasteiger partial charge in [-0.25, -0.2) is 4.68 Å². The van der Waals surface area contributed by atoms with E-state index in [2.05, 4.69) is 58.9 Å². The normalized spacial score (nSPS) is 12.6.